The van der Waals surface area contributed by atoms with E-state index < -0.39 is 0 Å². The van der Waals surface area contributed by atoms with Gasteiger partial charge in [0, 0.05) is 12.0 Å². The molecule has 25 heavy (non-hydrogen) atoms. The summed E-state index contributed by atoms with van der Waals surface area (Å²) in [5, 5.41) is 2.50. The second-order valence-electron chi connectivity index (χ2n) is 6.36. The number of fused-ring (bicyclic) bond motifs is 4. The summed E-state index contributed by atoms with van der Waals surface area (Å²) in [6.45, 7) is 0. The van der Waals surface area contributed by atoms with Crippen LogP contribution in [0, 0.1) is 6.42 Å². The molecule has 5 rings (SSSR count). The van der Waals surface area contributed by atoms with Crippen LogP contribution in [0.3, 0.4) is 0 Å². The van der Waals surface area contributed by atoms with Crippen LogP contribution >= 0.6 is 0 Å². The van der Waals surface area contributed by atoms with Gasteiger partial charge in [0.05, 0.1) is 7.11 Å². The van der Waals surface area contributed by atoms with Gasteiger partial charge in [-0.1, -0.05) is 72.8 Å². The minimum Gasteiger partial charge on any atom is -0.496 e. The summed E-state index contributed by atoms with van der Waals surface area (Å²) in [6, 6.07) is 27.8. The van der Waals surface area contributed by atoms with Crippen molar-refractivity contribution in [1.29, 1.82) is 0 Å². The van der Waals surface area contributed by atoms with Gasteiger partial charge in [-0.25, -0.2) is 0 Å². The zero-order chi connectivity index (χ0) is 16.8. The number of benzene rings is 4. The molecule has 0 spiro atoms. The largest absolute Gasteiger partial charge is 0.496 e. The topological polar surface area (TPSA) is 9.23 Å². The first kappa shape index (κ1) is 14.3. The van der Waals surface area contributed by atoms with Crippen molar-refractivity contribution in [2.45, 2.75) is 0 Å². The lowest BCUT2D eigenvalue weighted by Gasteiger charge is -2.16. The normalized spacial score (nSPS) is 12.0. The molecule has 0 aliphatic heterocycles. The Kier molecular flexibility index (Phi) is 3.14. The third-order valence-electron chi connectivity index (χ3n) is 5.04. The second kappa shape index (κ2) is 5.49. The van der Waals surface area contributed by atoms with Gasteiger partial charge in [0.25, 0.3) is 0 Å². The van der Waals surface area contributed by atoms with Crippen LogP contribution in [-0.2, 0) is 0 Å². The van der Waals surface area contributed by atoms with E-state index in [-0.39, 0.29) is 0 Å². The molecule has 0 saturated heterocycles. The van der Waals surface area contributed by atoms with Gasteiger partial charge in [-0.05, 0) is 44.7 Å². The minimum absolute atomic E-state index is 0.916. The Morgan fingerprint density at radius 1 is 0.640 bits per heavy atom. The molecule has 4 aromatic rings. The standard InChI is InChI=1S/C24H17O/c1-25-23-14-13-20-19-11-5-3-8-17(19)15-22(20)24(23)21-12-6-9-16-7-2-4-10-18(16)21/h2-15H,1H3. The molecule has 0 aromatic heterocycles. The van der Waals surface area contributed by atoms with Crippen molar-refractivity contribution < 1.29 is 4.74 Å². The Morgan fingerprint density at radius 2 is 1.40 bits per heavy atom. The van der Waals surface area contributed by atoms with Crippen LogP contribution < -0.4 is 4.74 Å². The monoisotopic (exact) mass is 321 g/mol. The zero-order valence-corrected chi connectivity index (χ0v) is 14.0. The van der Waals surface area contributed by atoms with E-state index in [2.05, 4.69) is 85.3 Å². The highest BCUT2D eigenvalue weighted by atomic mass is 16.5. The minimum atomic E-state index is 0.916. The molecule has 1 radical (unpaired) electrons. The third kappa shape index (κ3) is 2.09. The van der Waals surface area contributed by atoms with Crippen molar-refractivity contribution in [1.82, 2.24) is 0 Å². The van der Waals surface area contributed by atoms with Crippen LogP contribution in [0.2, 0.25) is 0 Å². The van der Waals surface area contributed by atoms with Crippen molar-refractivity contribution in [3.63, 3.8) is 0 Å². The average Bonchev–Trinajstić information content (AvgIpc) is 3.05. The predicted molar refractivity (Wildman–Crippen MR) is 104 cm³/mol. The maximum absolute atomic E-state index is 5.75. The average molecular weight is 321 g/mol. The number of ether oxygens (including phenoxy) is 1. The quantitative estimate of drug-likeness (QED) is 0.382. The van der Waals surface area contributed by atoms with Gasteiger partial charge < -0.3 is 4.74 Å². The fourth-order valence-electron chi connectivity index (χ4n) is 3.90. The van der Waals surface area contributed by atoms with Crippen molar-refractivity contribution in [3.05, 3.63) is 96.4 Å². The summed E-state index contributed by atoms with van der Waals surface area (Å²) in [6.07, 6.45) is 2.28. The highest BCUT2D eigenvalue weighted by molar-refractivity contribution is 6.02. The van der Waals surface area contributed by atoms with Crippen LogP contribution in [0.25, 0.3) is 33.0 Å². The predicted octanol–water partition coefficient (Wildman–Crippen LogP) is 6.10. The molecule has 0 bridgehead atoms. The molecule has 1 aliphatic rings. The van der Waals surface area contributed by atoms with Crippen LogP contribution in [0.5, 0.6) is 5.75 Å². The lowest BCUT2D eigenvalue weighted by Crippen LogP contribution is -1.94. The van der Waals surface area contributed by atoms with Gasteiger partial charge >= 0.3 is 0 Å². The van der Waals surface area contributed by atoms with Crippen molar-refractivity contribution in [3.8, 4) is 28.0 Å². The van der Waals surface area contributed by atoms with Gasteiger partial charge in [0.15, 0.2) is 0 Å². The van der Waals surface area contributed by atoms with Gasteiger partial charge in [-0.15, -0.1) is 0 Å². The fourth-order valence-corrected chi connectivity index (χ4v) is 3.90. The molecular weight excluding hydrogens is 304 g/mol. The van der Waals surface area contributed by atoms with Crippen LogP contribution in [0.1, 0.15) is 11.1 Å². The van der Waals surface area contributed by atoms with Gasteiger partial charge in [-0.3, -0.25) is 0 Å². The SMILES string of the molecule is COc1ccc2c(c1-c1cccc3ccccc13)[CH]c1ccccc1-2. The third-order valence-corrected chi connectivity index (χ3v) is 5.04. The molecule has 0 N–H and O–H groups in total. The summed E-state index contributed by atoms with van der Waals surface area (Å²) in [4.78, 5) is 0. The first-order chi connectivity index (χ1) is 12.4. The molecule has 1 heteroatoms. The molecule has 1 aliphatic carbocycles. The highest BCUT2D eigenvalue weighted by Gasteiger charge is 2.25. The Labute approximate surface area is 147 Å². The van der Waals surface area contributed by atoms with E-state index in [1.807, 2.05) is 0 Å². The van der Waals surface area contributed by atoms with Crippen LogP contribution in [-0.4, -0.2) is 7.11 Å². The molecule has 0 heterocycles. The number of hydrogen-bond donors (Lipinski definition) is 0. The van der Waals surface area contributed by atoms with Crippen LogP contribution in [0.15, 0.2) is 78.9 Å². The number of rotatable bonds is 2. The number of hydrogen-bond acceptors (Lipinski definition) is 1. The van der Waals surface area contributed by atoms with E-state index >= 15 is 0 Å². The van der Waals surface area contributed by atoms with E-state index in [0.29, 0.717) is 0 Å². The van der Waals surface area contributed by atoms with Crippen molar-refractivity contribution in [2.24, 2.45) is 0 Å². The maximum Gasteiger partial charge on any atom is 0.127 e. The molecule has 0 saturated carbocycles. The molecule has 0 unspecified atom stereocenters. The fraction of sp³-hybridized carbons (Fsp3) is 0.0417. The zero-order valence-electron chi connectivity index (χ0n) is 14.0. The Morgan fingerprint density at radius 3 is 2.32 bits per heavy atom. The molecule has 4 aromatic carbocycles. The molecule has 1 nitrogen and oxygen atoms in total. The van der Waals surface area contributed by atoms with Crippen molar-refractivity contribution >= 4 is 10.8 Å². The molecule has 0 amide bonds. The molecule has 0 fully saturated rings. The van der Waals surface area contributed by atoms with Gasteiger partial charge in [0.2, 0.25) is 0 Å². The summed E-state index contributed by atoms with van der Waals surface area (Å²) in [7, 11) is 1.75. The maximum atomic E-state index is 5.75. The van der Waals surface area contributed by atoms with E-state index in [9.17, 15) is 0 Å². The van der Waals surface area contributed by atoms with E-state index in [4.69, 9.17) is 4.74 Å². The Bertz CT molecular complexity index is 1100. The lowest BCUT2D eigenvalue weighted by atomic mass is 9.91. The Balaban J connectivity index is 1.85. The van der Waals surface area contributed by atoms with E-state index in [0.717, 1.165) is 5.75 Å². The summed E-state index contributed by atoms with van der Waals surface area (Å²) in [5.74, 6) is 0.916. The summed E-state index contributed by atoms with van der Waals surface area (Å²) in [5.41, 5.74) is 7.48. The summed E-state index contributed by atoms with van der Waals surface area (Å²) >= 11 is 0. The van der Waals surface area contributed by atoms with E-state index in [1.54, 1.807) is 7.11 Å². The Hall–Kier alpha value is -3.06. The lowest BCUT2D eigenvalue weighted by molar-refractivity contribution is 0.416. The van der Waals surface area contributed by atoms with E-state index in [1.165, 1.54) is 44.2 Å². The second-order valence-corrected chi connectivity index (χ2v) is 6.36. The number of methoxy groups -OCH3 is 1. The first-order valence-corrected chi connectivity index (χ1v) is 8.50. The smallest absolute Gasteiger partial charge is 0.127 e. The van der Waals surface area contributed by atoms with Crippen LogP contribution in [0.4, 0.5) is 0 Å². The van der Waals surface area contributed by atoms with Crippen molar-refractivity contribution in [2.75, 3.05) is 7.11 Å². The highest BCUT2D eigenvalue weighted by Crippen LogP contribution is 2.47. The van der Waals surface area contributed by atoms with Gasteiger partial charge in [-0.2, -0.15) is 0 Å². The molecule has 119 valence electrons. The molecule has 0 atom stereocenters. The van der Waals surface area contributed by atoms with Gasteiger partial charge in [0.1, 0.15) is 5.75 Å². The summed E-state index contributed by atoms with van der Waals surface area (Å²) < 4.78 is 5.75. The molecular formula is C24H17O. The first-order valence-electron chi connectivity index (χ1n) is 8.50.